The number of thiazole rings is 1. The summed E-state index contributed by atoms with van der Waals surface area (Å²) >= 11 is 1.54. The molecule has 5 rings (SSSR count). The van der Waals surface area contributed by atoms with Gasteiger partial charge in [0.1, 0.15) is 23.3 Å². The molecule has 1 fully saturated rings. The molecule has 1 aliphatic rings. The van der Waals surface area contributed by atoms with Crippen LogP contribution in [0.5, 0.6) is 0 Å². The molecule has 4 heterocycles. The Bertz CT molecular complexity index is 1390. The highest BCUT2D eigenvalue weighted by atomic mass is 32.1. The number of fused-ring (bicyclic) bond motifs is 1. The van der Waals surface area contributed by atoms with Gasteiger partial charge in [-0.25, -0.2) is 14.4 Å². The number of nitrogens with zero attached hydrogens (tertiary/aromatic N) is 6. The van der Waals surface area contributed by atoms with E-state index in [0.717, 1.165) is 58.7 Å². The molecule has 1 atom stereocenters. The summed E-state index contributed by atoms with van der Waals surface area (Å²) in [4.78, 5) is 27.7. The van der Waals surface area contributed by atoms with Gasteiger partial charge in [-0.1, -0.05) is 13.8 Å². The average Bonchev–Trinajstić information content (AvgIpc) is 3.54. The van der Waals surface area contributed by atoms with Gasteiger partial charge in [0.2, 0.25) is 0 Å². The summed E-state index contributed by atoms with van der Waals surface area (Å²) in [5, 5.41) is 12.3. The molecule has 0 aliphatic carbocycles. The molecule has 1 N–H and O–H groups in total. The molecule has 194 valence electrons. The first-order chi connectivity index (χ1) is 17.9. The molecular formula is C27H31FN6O2S. The van der Waals surface area contributed by atoms with Crippen molar-refractivity contribution in [3.63, 3.8) is 0 Å². The number of pyridine rings is 1. The van der Waals surface area contributed by atoms with Crippen molar-refractivity contribution in [2.24, 2.45) is 0 Å². The molecule has 1 aromatic carbocycles. The molecule has 0 bridgehead atoms. The second-order valence-corrected chi connectivity index (χ2v) is 10.1. The van der Waals surface area contributed by atoms with E-state index in [4.69, 9.17) is 9.97 Å². The number of halogens is 1. The molecule has 0 spiro atoms. The highest BCUT2D eigenvalue weighted by Gasteiger charge is 2.28. The molecule has 0 radical (unpaired) electrons. The van der Waals surface area contributed by atoms with Crippen molar-refractivity contribution in [2.75, 3.05) is 43.0 Å². The standard InChI is InChI=1S/C27H31FN6O2S/c1-4-21-25(31(3)27-30-22(17-37-27)18-6-8-19(28)9-7-18)34-16-20(10-11-24(34)29-21)32-12-14-33(15-13-32)23(5-2)26(35)36/h6-11,16-17,23H,4-5,12-15H2,1-3H3,(H,35,36). The summed E-state index contributed by atoms with van der Waals surface area (Å²) in [5.74, 6) is -0.0471. The van der Waals surface area contributed by atoms with Crippen LogP contribution in [0.4, 0.5) is 21.0 Å². The number of aromatic nitrogens is 3. The Hall–Kier alpha value is -3.50. The van der Waals surface area contributed by atoms with Crippen molar-refractivity contribution in [3.05, 3.63) is 59.5 Å². The first kappa shape index (κ1) is 25.2. The lowest BCUT2D eigenvalue weighted by Crippen LogP contribution is -2.52. The first-order valence-corrected chi connectivity index (χ1v) is 13.5. The molecule has 1 aliphatic heterocycles. The van der Waals surface area contributed by atoms with Gasteiger partial charge in [0, 0.05) is 50.4 Å². The van der Waals surface area contributed by atoms with Crippen molar-refractivity contribution < 1.29 is 14.3 Å². The van der Waals surface area contributed by atoms with Gasteiger partial charge < -0.3 is 14.9 Å². The van der Waals surface area contributed by atoms with Crippen molar-refractivity contribution in [2.45, 2.75) is 32.7 Å². The zero-order valence-corrected chi connectivity index (χ0v) is 22.1. The van der Waals surface area contributed by atoms with Gasteiger partial charge in [-0.15, -0.1) is 11.3 Å². The Morgan fingerprint density at radius 2 is 1.84 bits per heavy atom. The third kappa shape index (κ3) is 4.91. The van der Waals surface area contributed by atoms with E-state index in [-0.39, 0.29) is 5.82 Å². The molecule has 1 saturated heterocycles. The molecule has 0 saturated carbocycles. The Balaban J connectivity index is 1.42. The van der Waals surface area contributed by atoms with Gasteiger partial charge in [-0.3, -0.25) is 14.1 Å². The largest absolute Gasteiger partial charge is 0.480 e. The predicted octanol–water partition coefficient (Wildman–Crippen LogP) is 4.91. The van der Waals surface area contributed by atoms with Crippen LogP contribution >= 0.6 is 11.3 Å². The minimum Gasteiger partial charge on any atom is -0.480 e. The second kappa shape index (κ2) is 10.5. The van der Waals surface area contributed by atoms with Gasteiger partial charge in [-0.05, 0) is 49.2 Å². The Morgan fingerprint density at radius 1 is 1.11 bits per heavy atom. The fraction of sp³-hybridized carbons (Fsp3) is 0.370. The van der Waals surface area contributed by atoms with Crippen molar-refractivity contribution >= 4 is 39.6 Å². The van der Waals surface area contributed by atoms with Crippen LogP contribution < -0.4 is 9.80 Å². The summed E-state index contributed by atoms with van der Waals surface area (Å²) in [6.45, 7) is 6.98. The fourth-order valence-corrected chi connectivity index (χ4v) is 5.79. The van der Waals surface area contributed by atoms with Crippen LogP contribution in [0.2, 0.25) is 0 Å². The Morgan fingerprint density at radius 3 is 2.49 bits per heavy atom. The van der Waals surface area contributed by atoms with Crippen molar-refractivity contribution in [3.8, 4) is 11.3 Å². The van der Waals surface area contributed by atoms with Crippen LogP contribution in [0, 0.1) is 5.82 Å². The van der Waals surface area contributed by atoms with Crippen LogP contribution in [-0.2, 0) is 11.2 Å². The second-order valence-electron chi connectivity index (χ2n) is 9.22. The monoisotopic (exact) mass is 522 g/mol. The van der Waals surface area contributed by atoms with Crippen LogP contribution in [-0.4, -0.2) is 69.6 Å². The number of rotatable bonds is 8. The summed E-state index contributed by atoms with van der Waals surface area (Å²) < 4.78 is 15.5. The molecule has 8 nitrogen and oxygen atoms in total. The number of aliphatic carboxylic acids is 1. The highest BCUT2D eigenvalue weighted by Crippen LogP contribution is 2.34. The van der Waals surface area contributed by atoms with Crippen molar-refractivity contribution in [1.82, 2.24) is 19.3 Å². The molecule has 37 heavy (non-hydrogen) atoms. The highest BCUT2D eigenvalue weighted by molar-refractivity contribution is 7.14. The topological polar surface area (TPSA) is 77.2 Å². The molecule has 0 amide bonds. The van der Waals surface area contributed by atoms with E-state index in [1.54, 1.807) is 12.1 Å². The Labute approximate surface area is 219 Å². The minimum atomic E-state index is -0.750. The normalized spacial score (nSPS) is 15.3. The number of benzene rings is 1. The number of piperazine rings is 1. The van der Waals surface area contributed by atoms with Crippen LogP contribution in [0.3, 0.4) is 0 Å². The van der Waals surface area contributed by atoms with Gasteiger partial charge in [-0.2, -0.15) is 0 Å². The summed E-state index contributed by atoms with van der Waals surface area (Å²) in [6.07, 6.45) is 3.50. The number of carboxylic acid groups (broad SMARTS) is 1. The smallest absolute Gasteiger partial charge is 0.320 e. The van der Waals surface area contributed by atoms with E-state index >= 15 is 0 Å². The first-order valence-electron chi connectivity index (χ1n) is 12.6. The van der Waals surface area contributed by atoms with Gasteiger partial charge in [0.15, 0.2) is 5.13 Å². The summed E-state index contributed by atoms with van der Waals surface area (Å²) in [6, 6.07) is 10.1. The number of aryl methyl sites for hydroxylation is 1. The van der Waals surface area contributed by atoms with Crippen LogP contribution in [0.25, 0.3) is 16.9 Å². The molecule has 4 aromatic rings. The van der Waals surface area contributed by atoms with Crippen LogP contribution in [0.15, 0.2) is 48.0 Å². The number of carbonyl (C=O) groups is 1. The van der Waals surface area contributed by atoms with E-state index < -0.39 is 12.0 Å². The zero-order valence-electron chi connectivity index (χ0n) is 21.3. The van der Waals surface area contributed by atoms with E-state index in [9.17, 15) is 14.3 Å². The summed E-state index contributed by atoms with van der Waals surface area (Å²) in [7, 11) is 2.00. The SMILES string of the molecule is CCc1nc2ccc(N3CCN(C(CC)C(=O)O)CC3)cn2c1N(C)c1nc(-c2ccc(F)cc2)cs1. The molecule has 1 unspecified atom stereocenters. The van der Waals surface area contributed by atoms with Gasteiger partial charge in [0.25, 0.3) is 0 Å². The van der Waals surface area contributed by atoms with Gasteiger partial charge in [0.05, 0.1) is 17.1 Å². The lowest BCUT2D eigenvalue weighted by Gasteiger charge is -2.38. The number of hydrogen-bond donors (Lipinski definition) is 1. The maximum absolute atomic E-state index is 13.4. The third-order valence-corrected chi connectivity index (χ3v) is 7.93. The van der Waals surface area contributed by atoms with E-state index in [2.05, 4.69) is 38.3 Å². The quantitative estimate of drug-likeness (QED) is 0.352. The van der Waals surface area contributed by atoms with E-state index in [1.807, 2.05) is 25.4 Å². The molecule has 3 aromatic heterocycles. The third-order valence-electron chi connectivity index (χ3n) is 7.01. The number of carboxylic acids is 1. The van der Waals surface area contributed by atoms with Crippen molar-refractivity contribution in [1.29, 1.82) is 0 Å². The average molecular weight is 523 g/mol. The van der Waals surface area contributed by atoms with Crippen LogP contribution in [0.1, 0.15) is 26.0 Å². The maximum Gasteiger partial charge on any atom is 0.320 e. The molecule has 10 heteroatoms. The number of imidazole rings is 1. The van der Waals surface area contributed by atoms with E-state index in [0.29, 0.717) is 19.5 Å². The number of anilines is 3. The molecular weight excluding hydrogens is 491 g/mol. The van der Waals surface area contributed by atoms with Gasteiger partial charge >= 0.3 is 5.97 Å². The lowest BCUT2D eigenvalue weighted by molar-refractivity contribution is -0.143. The zero-order chi connectivity index (χ0) is 26.1. The fourth-order valence-electron chi connectivity index (χ4n) is 4.99. The summed E-state index contributed by atoms with van der Waals surface area (Å²) in [5.41, 5.74) is 4.62. The predicted molar refractivity (Wildman–Crippen MR) is 146 cm³/mol. The lowest BCUT2D eigenvalue weighted by atomic mass is 10.1. The maximum atomic E-state index is 13.4. The van der Waals surface area contributed by atoms with E-state index in [1.165, 1.54) is 23.5 Å². The number of hydrogen-bond acceptors (Lipinski definition) is 7. The minimum absolute atomic E-state index is 0.265. The Kier molecular flexibility index (Phi) is 7.12.